The van der Waals surface area contributed by atoms with Crippen LogP contribution in [0.25, 0.3) is 0 Å². The Balaban J connectivity index is 2.40. The Bertz CT molecular complexity index is 261. The maximum absolute atomic E-state index is 10.5. The molecule has 1 rings (SSSR count). The first kappa shape index (κ1) is 13.2. The van der Waals surface area contributed by atoms with Crippen molar-refractivity contribution in [1.82, 2.24) is 4.90 Å². The first-order valence-corrected chi connectivity index (χ1v) is 6.24. The number of likely N-dealkylation sites (tertiary alicyclic amines) is 1. The van der Waals surface area contributed by atoms with Gasteiger partial charge in [-0.25, -0.2) is 4.79 Å². The molecule has 0 amide bonds. The summed E-state index contributed by atoms with van der Waals surface area (Å²) >= 11 is 0. The third-order valence-electron chi connectivity index (χ3n) is 3.36. The highest BCUT2D eigenvalue weighted by atomic mass is 16.4. The molecule has 92 valence electrons. The van der Waals surface area contributed by atoms with Gasteiger partial charge in [0.2, 0.25) is 0 Å². The monoisotopic (exact) mass is 225 g/mol. The van der Waals surface area contributed by atoms with Crippen LogP contribution in [0.5, 0.6) is 0 Å². The smallest absolute Gasteiger partial charge is 0.328 e. The second-order valence-corrected chi connectivity index (χ2v) is 4.81. The van der Waals surface area contributed by atoms with Crippen LogP contribution < -0.4 is 0 Å². The summed E-state index contributed by atoms with van der Waals surface area (Å²) in [5.74, 6) is 0.0347. The van der Waals surface area contributed by atoms with Crippen molar-refractivity contribution < 1.29 is 9.90 Å². The summed E-state index contributed by atoms with van der Waals surface area (Å²) in [6.45, 7) is 7.19. The SMILES string of the molecule is CCC1CCCN(CC(C)=CC(=O)O)CC1. The lowest BCUT2D eigenvalue weighted by atomic mass is 9.98. The van der Waals surface area contributed by atoms with Crippen LogP contribution in [-0.4, -0.2) is 35.6 Å². The fourth-order valence-corrected chi connectivity index (χ4v) is 2.40. The number of carboxylic acid groups (broad SMARTS) is 1. The molecule has 1 N–H and O–H groups in total. The van der Waals surface area contributed by atoms with E-state index in [-0.39, 0.29) is 0 Å². The highest BCUT2D eigenvalue weighted by molar-refractivity contribution is 5.80. The number of nitrogens with zero attached hydrogens (tertiary/aromatic N) is 1. The van der Waals surface area contributed by atoms with Crippen LogP contribution in [-0.2, 0) is 4.79 Å². The van der Waals surface area contributed by atoms with E-state index in [0.717, 1.165) is 31.1 Å². The third kappa shape index (κ3) is 4.79. The zero-order valence-electron chi connectivity index (χ0n) is 10.4. The lowest BCUT2D eigenvalue weighted by Crippen LogP contribution is -2.26. The minimum atomic E-state index is -0.834. The average molecular weight is 225 g/mol. The number of hydrogen-bond donors (Lipinski definition) is 1. The molecule has 1 unspecified atom stereocenters. The number of aliphatic carboxylic acids is 1. The van der Waals surface area contributed by atoms with Gasteiger partial charge in [0.25, 0.3) is 0 Å². The van der Waals surface area contributed by atoms with Gasteiger partial charge in [0.1, 0.15) is 0 Å². The summed E-state index contributed by atoms with van der Waals surface area (Å²) in [5, 5.41) is 8.65. The number of carboxylic acids is 1. The highest BCUT2D eigenvalue weighted by Gasteiger charge is 2.15. The van der Waals surface area contributed by atoms with Gasteiger partial charge in [-0.05, 0) is 45.2 Å². The van der Waals surface area contributed by atoms with E-state index in [4.69, 9.17) is 5.11 Å². The predicted molar refractivity (Wildman–Crippen MR) is 65.5 cm³/mol. The lowest BCUT2D eigenvalue weighted by Gasteiger charge is -2.20. The van der Waals surface area contributed by atoms with Gasteiger partial charge in [-0.3, -0.25) is 4.90 Å². The molecule has 1 saturated heterocycles. The lowest BCUT2D eigenvalue weighted by molar-refractivity contribution is -0.131. The van der Waals surface area contributed by atoms with Crippen molar-refractivity contribution >= 4 is 5.97 Å². The molecule has 1 atom stereocenters. The van der Waals surface area contributed by atoms with Crippen LogP contribution in [0.4, 0.5) is 0 Å². The van der Waals surface area contributed by atoms with Crippen molar-refractivity contribution in [2.75, 3.05) is 19.6 Å². The molecule has 0 radical (unpaired) electrons. The number of hydrogen-bond acceptors (Lipinski definition) is 2. The Labute approximate surface area is 98.1 Å². The van der Waals surface area contributed by atoms with Gasteiger partial charge >= 0.3 is 5.97 Å². The molecule has 0 aromatic rings. The van der Waals surface area contributed by atoms with Crippen LogP contribution in [0, 0.1) is 5.92 Å². The first-order chi connectivity index (χ1) is 7.61. The van der Waals surface area contributed by atoms with Gasteiger partial charge in [-0.1, -0.05) is 18.9 Å². The molecule has 1 aliphatic rings. The van der Waals surface area contributed by atoms with Crippen molar-refractivity contribution in [1.29, 1.82) is 0 Å². The Morgan fingerprint density at radius 3 is 2.81 bits per heavy atom. The minimum absolute atomic E-state index is 0.808. The predicted octanol–water partition coefficient (Wildman–Crippen LogP) is 2.53. The van der Waals surface area contributed by atoms with Crippen molar-refractivity contribution in [2.45, 2.75) is 39.5 Å². The molecule has 1 aliphatic heterocycles. The molecular weight excluding hydrogens is 202 g/mol. The summed E-state index contributed by atoms with van der Waals surface area (Å²) in [6, 6.07) is 0. The Morgan fingerprint density at radius 2 is 2.19 bits per heavy atom. The van der Waals surface area contributed by atoms with E-state index < -0.39 is 5.97 Å². The zero-order valence-corrected chi connectivity index (χ0v) is 10.4. The van der Waals surface area contributed by atoms with Crippen LogP contribution in [0.1, 0.15) is 39.5 Å². The van der Waals surface area contributed by atoms with E-state index in [1.807, 2.05) is 6.92 Å². The second kappa shape index (κ2) is 6.69. The van der Waals surface area contributed by atoms with Gasteiger partial charge in [-0.2, -0.15) is 0 Å². The Morgan fingerprint density at radius 1 is 1.44 bits per heavy atom. The fraction of sp³-hybridized carbons (Fsp3) is 0.769. The zero-order chi connectivity index (χ0) is 12.0. The van der Waals surface area contributed by atoms with E-state index in [0.29, 0.717) is 0 Å². The normalized spacial score (nSPS) is 24.1. The molecule has 0 bridgehead atoms. The fourth-order valence-electron chi connectivity index (χ4n) is 2.40. The molecule has 0 aromatic heterocycles. The molecule has 3 nitrogen and oxygen atoms in total. The highest BCUT2D eigenvalue weighted by Crippen LogP contribution is 2.20. The number of rotatable bonds is 4. The Hall–Kier alpha value is -0.830. The Kier molecular flexibility index (Phi) is 5.53. The van der Waals surface area contributed by atoms with Crippen molar-refractivity contribution in [3.05, 3.63) is 11.6 Å². The standard InChI is InChI=1S/C13H23NO2/c1-3-12-5-4-7-14(8-6-12)10-11(2)9-13(15)16/h9,12H,3-8,10H2,1-2H3,(H,15,16). The van der Waals surface area contributed by atoms with E-state index in [9.17, 15) is 4.79 Å². The summed E-state index contributed by atoms with van der Waals surface area (Å²) in [5.41, 5.74) is 0.947. The molecule has 1 heterocycles. The number of carbonyl (C=O) groups is 1. The van der Waals surface area contributed by atoms with E-state index in [1.54, 1.807) is 0 Å². The van der Waals surface area contributed by atoms with Gasteiger partial charge in [0, 0.05) is 12.6 Å². The molecule has 0 aliphatic carbocycles. The van der Waals surface area contributed by atoms with E-state index in [1.165, 1.54) is 31.8 Å². The molecule has 3 heteroatoms. The largest absolute Gasteiger partial charge is 0.478 e. The van der Waals surface area contributed by atoms with Crippen molar-refractivity contribution in [3.8, 4) is 0 Å². The van der Waals surface area contributed by atoms with Gasteiger partial charge < -0.3 is 5.11 Å². The summed E-state index contributed by atoms with van der Waals surface area (Å²) in [6.07, 6.45) is 6.43. The molecule has 0 aromatic carbocycles. The van der Waals surface area contributed by atoms with Crippen LogP contribution in [0.3, 0.4) is 0 Å². The van der Waals surface area contributed by atoms with Crippen LogP contribution >= 0.6 is 0 Å². The van der Waals surface area contributed by atoms with Crippen LogP contribution in [0.2, 0.25) is 0 Å². The summed E-state index contributed by atoms with van der Waals surface area (Å²) in [7, 11) is 0. The third-order valence-corrected chi connectivity index (χ3v) is 3.36. The van der Waals surface area contributed by atoms with Gasteiger partial charge in [-0.15, -0.1) is 0 Å². The average Bonchev–Trinajstić information content (AvgIpc) is 2.41. The maximum Gasteiger partial charge on any atom is 0.328 e. The van der Waals surface area contributed by atoms with Gasteiger partial charge in [0.05, 0.1) is 0 Å². The van der Waals surface area contributed by atoms with Gasteiger partial charge in [0.15, 0.2) is 0 Å². The molecule has 16 heavy (non-hydrogen) atoms. The van der Waals surface area contributed by atoms with E-state index in [2.05, 4.69) is 11.8 Å². The topological polar surface area (TPSA) is 40.5 Å². The maximum atomic E-state index is 10.5. The van der Waals surface area contributed by atoms with Crippen LogP contribution in [0.15, 0.2) is 11.6 Å². The van der Waals surface area contributed by atoms with Crippen molar-refractivity contribution in [2.24, 2.45) is 5.92 Å². The quantitative estimate of drug-likeness (QED) is 0.747. The van der Waals surface area contributed by atoms with E-state index >= 15 is 0 Å². The first-order valence-electron chi connectivity index (χ1n) is 6.24. The minimum Gasteiger partial charge on any atom is -0.478 e. The molecule has 0 spiro atoms. The molecule has 0 saturated carbocycles. The van der Waals surface area contributed by atoms with Crippen molar-refractivity contribution in [3.63, 3.8) is 0 Å². The second-order valence-electron chi connectivity index (χ2n) is 4.81. The summed E-state index contributed by atoms with van der Waals surface area (Å²) < 4.78 is 0. The molecular formula is C13H23NO2. The summed E-state index contributed by atoms with van der Waals surface area (Å²) in [4.78, 5) is 12.9. The molecule has 1 fully saturated rings.